The lowest BCUT2D eigenvalue weighted by molar-refractivity contribution is -0.147. The number of halogens is 4. The molecular weight excluding hydrogens is 409 g/mol. The fourth-order valence-electron chi connectivity index (χ4n) is 3.50. The van der Waals surface area contributed by atoms with Crippen LogP contribution in [0, 0.1) is 24.2 Å². The second-order valence-corrected chi connectivity index (χ2v) is 8.73. The third-order valence-corrected chi connectivity index (χ3v) is 6.43. The van der Waals surface area contributed by atoms with Crippen LogP contribution in [-0.2, 0) is 16.1 Å². The molecule has 0 spiro atoms. The van der Waals surface area contributed by atoms with Crippen LogP contribution in [0.2, 0.25) is 0 Å². The number of carbonyl (C=O) groups excluding carboxylic acids is 1. The molecule has 7 heteroatoms. The van der Waals surface area contributed by atoms with E-state index in [9.17, 15) is 18.0 Å². The Morgan fingerprint density at radius 2 is 2.04 bits per heavy atom. The van der Waals surface area contributed by atoms with E-state index < -0.39 is 34.4 Å². The molecule has 0 amide bonds. The molecule has 1 aromatic carbocycles. The van der Waals surface area contributed by atoms with Crippen molar-refractivity contribution in [1.82, 2.24) is 0 Å². The largest absolute Gasteiger partial charge is 0.461 e. The summed E-state index contributed by atoms with van der Waals surface area (Å²) in [5.41, 5.74) is 3.44. The van der Waals surface area contributed by atoms with Crippen LogP contribution >= 0.6 is 22.9 Å². The lowest BCUT2D eigenvalue weighted by Crippen LogP contribution is -2.11. The highest BCUT2D eigenvalue weighted by atomic mass is 35.5. The normalized spacial score (nSPS) is 21.5. The van der Waals surface area contributed by atoms with E-state index >= 15 is 0 Å². The van der Waals surface area contributed by atoms with Crippen LogP contribution in [0.5, 0.6) is 0 Å². The highest BCUT2D eigenvalue weighted by Crippen LogP contribution is 2.60. The van der Waals surface area contributed by atoms with Crippen molar-refractivity contribution in [1.29, 1.82) is 0 Å². The smallest absolute Gasteiger partial charge is 0.426 e. The number of hydrogen-bond donors (Lipinski definition) is 0. The lowest BCUT2D eigenvalue weighted by Gasteiger charge is -2.11. The van der Waals surface area contributed by atoms with Gasteiger partial charge in [-0.2, -0.15) is 24.5 Å². The Bertz CT molecular complexity index is 901. The van der Waals surface area contributed by atoms with E-state index in [0.29, 0.717) is 0 Å². The van der Waals surface area contributed by atoms with Crippen LogP contribution in [0.4, 0.5) is 13.2 Å². The van der Waals surface area contributed by atoms with E-state index in [2.05, 4.69) is 0 Å². The molecule has 3 rings (SSSR count). The molecule has 1 aliphatic rings. The summed E-state index contributed by atoms with van der Waals surface area (Å²) in [6.07, 6.45) is -3.68. The Labute approximate surface area is 171 Å². The highest BCUT2D eigenvalue weighted by molar-refractivity contribution is 7.08. The minimum atomic E-state index is -4.60. The number of ether oxygens (including phenoxy) is 1. The average molecular weight is 429 g/mol. The molecule has 2 nitrogen and oxygen atoms in total. The number of thiophene rings is 1. The maximum atomic E-state index is 12.7. The molecule has 0 unspecified atom stereocenters. The SMILES string of the molecule is Cc1c(COC(=O)[C@@H]2[C@H](/C=C(\Cl)C(F)(F)F)C2(C)C)cccc1-c1ccsc1. The summed E-state index contributed by atoms with van der Waals surface area (Å²) < 4.78 is 43.5. The zero-order chi connectivity index (χ0) is 20.7. The first kappa shape index (κ1) is 20.9. The first-order valence-corrected chi connectivity index (χ1v) is 10.1. The predicted molar refractivity (Wildman–Crippen MR) is 105 cm³/mol. The van der Waals surface area contributed by atoms with E-state index in [4.69, 9.17) is 16.3 Å². The minimum Gasteiger partial charge on any atom is -0.461 e. The van der Waals surface area contributed by atoms with Crippen molar-refractivity contribution < 1.29 is 22.7 Å². The Morgan fingerprint density at radius 1 is 1.32 bits per heavy atom. The number of rotatable bonds is 5. The van der Waals surface area contributed by atoms with Crippen LogP contribution in [0.15, 0.2) is 46.1 Å². The first-order valence-electron chi connectivity index (χ1n) is 8.75. The molecule has 1 heterocycles. The highest BCUT2D eigenvalue weighted by Gasteiger charge is 2.62. The van der Waals surface area contributed by atoms with Crippen molar-refractivity contribution in [3.05, 3.63) is 57.3 Å². The van der Waals surface area contributed by atoms with Gasteiger partial charge in [0, 0.05) is 0 Å². The molecule has 1 fully saturated rings. The van der Waals surface area contributed by atoms with Gasteiger partial charge < -0.3 is 4.74 Å². The Kier molecular flexibility index (Phi) is 5.65. The average Bonchev–Trinajstić information content (AvgIpc) is 2.98. The fraction of sp³-hybridized carbons (Fsp3) is 0.381. The van der Waals surface area contributed by atoms with Crippen molar-refractivity contribution in [3.63, 3.8) is 0 Å². The van der Waals surface area contributed by atoms with Gasteiger partial charge in [0.15, 0.2) is 0 Å². The molecular formula is C21H20ClF3O2S. The van der Waals surface area contributed by atoms with Gasteiger partial charge in [0.1, 0.15) is 11.6 Å². The third-order valence-electron chi connectivity index (χ3n) is 5.41. The lowest BCUT2D eigenvalue weighted by atomic mass is 9.99. The van der Waals surface area contributed by atoms with Gasteiger partial charge in [0.2, 0.25) is 0 Å². The van der Waals surface area contributed by atoms with Gasteiger partial charge in [-0.25, -0.2) is 0 Å². The quantitative estimate of drug-likeness (QED) is 0.494. The maximum absolute atomic E-state index is 12.7. The van der Waals surface area contributed by atoms with Gasteiger partial charge in [-0.15, -0.1) is 0 Å². The summed E-state index contributed by atoms with van der Waals surface area (Å²) in [6, 6.07) is 7.82. The molecule has 0 saturated heterocycles. The van der Waals surface area contributed by atoms with Crippen LogP contribution in [0.3, 0.4) is 0 Å². The van der Waals surface area contributed by atoms with Gasteiger partial charge >= 0.3 is 12.1 Å². The molecule has 0 radical (unpaired) electrons. The van der Waals surface area contributed by atoms with Crippen LogP contribution in [0.25, 0.3) is 11.1 Å². The number of hydrogen-bond acceptors (Lipinski definition) is 3. The van der Waals surface area contributed by atoms with Gasteiger partial charge in [-0.05, 0) is 57.3 Å². The van der Waals surface area contributed by atoms with Crippen molar-refractivity contribution in [2.45, 2.75) is 33.6 Å². The van der Waals surface area contributed by atoms with Crippen molar-refractivity contribution >= 4 is 28.9 Å². The fourth-order valence-corrected chi connectivity index (χ4v) is 4.29. The van der Waals surface area contributed by atoms with Gasteiger partial charge in [-0.3, -0.25) is 4.79 Å². The van der Waals surface area contributed by atoms with Crippen LogP contribution in [-0.4, -0.2) is 12.1 Å². The number of allylic oxidation sites excluding steroid dienone is 2. The van der Waals surface area contributed by atoms with Crippen molar-refractivity contribution in [3.8, 4) is 11.1 Å². The van der Waals surface area contributed by atoms with E-state index in [-0.39, 0.29) is 6.61 Å². The second-order valence-electron chi connectivity index (χ2n) is 7.55. The molecule has 150 valence electrons. The standard InChI is InChI=1S/C21H20ClF3O2S/c1-12-13(5-4-6-15(12)14-7-8-28-11-14)10-27-19(26)18-16(20(18,2)3)9-17(22)21(23,24)25/h4-9,11,16,18H,10H2,1-3H3/b17-9-/t16-,18-/m0/s1. The minimum absolute atomic E-state index is 0.0820. The number of alkyl halides is 3. The first-order chi connectivity index (χ1) is 13.0. The monoisotopic (exact) mass is 428 g/mol. The third kappa shape index (κ3) is 4.13. The number of carbonyl (C=O) groups is 1. The summed E-state index contributed by atoms with van der Waals surface area (Å²) in [5.74, 6) is -1.73. The molecule has 0 bridgehead atoms. The van der Waals surface area contributed by atoms with Gasteiger partial charge in [0.25, 0.3) is 0 Å². The molecule has 1 aliphatic carbocycles. The number of esters is 1. The Hall–Kier alpha value is -1.79. The maximum Gasteiger partial charge on any atom is 0.426 e. The van der Waals surface area contributed by atoms with E-state index in [1.54, 1.807) is 25.2 Å². The zero-order valence-electron chi connectivity index (χ0n) is 15.6. The number of benzene rings is 1. The van der Waals surface area contributed by atoms with Gasteiger partial charge in [0.05, 0.1) is 5.92 Å². The van der Waals surface area contributed by atoms with Gasteiger partial charge in [-0.1, -0.05) is 49.7 Å². The van der Waals surface area contributed by atoms with Crippen molar-refractivity contribution in [2.24, 2.45) is 17.3 Å². The van der Waals surface area contributed by atoms with Crippen LogP contribution < -0.4 is 0 Å². The molecule has 28 heavy (non-hydrogen) atoms. The zero-order valence-corrected chi connectivity index (χ0v) is 17.2. The van der Waals surface area contributed by atoms with Crippen LogP contribution in [0.1, 0.15) is 25.0 Å². The summed E-state index contributed by atoms with van der Waals surface area (Å²) in [4.78, 5) is 12.5. The van der Waals surface area contributed by atoms with E-state index in [1.807, 2.05) is 41.9 Å². The molecule has 0 N–H and O–H groups in total. The molecule has 0 aliphatic heterocycles. The molecule has 2 atom stereocenters. The summed E-state index contributed by atoms with van der Waals surface area (Å²) >= 11 is 6.94. The Morgan fingerprint density at radius 3 is 2.64 bits per heavy atom. The molecule has 1 saturated carbocycles. The molecule has 1 aromatic heterocycles. The topological polar surface area (TPSA) is 26.3 Å². The summed E-state index contributed by atoms with van der Waals surface area (Å²) in [7, 11) is 0. The van der Waals surface area contributed by atoms with Crippen molar-refractivity contribution in [2.75, 3.05) is 0 Å². The second kappa shape index (κ2) is 7.56. The Balaban J connectivity index is 1.69. The van der Waals surface area contributed by atoms with E-state index in [1.165, 1.54) is 0 Å². The summed E-state index contributed by atoms with van der Waals surface area (Å²) in [5, 5.41) is 2.85. The predicted octanol–water partition coefficient (Wildman–Crippen LogP) is 6.72. The van der Waals surface area contributed by atoms with E-state index in [0.717, 1.165) is 28.3 Å². The summed E-state index contributed by atoms with van der Waals surface area (Å²) in [6.45, 7) is 5.52. The molecule has 2 aromatic rings.